The van der Waals surface area contributed by atoms with E-state index in [2.05, 4.69) is 10.3 Å². The Morgan fingerprint density at radius 2 is 1.69 bits per heavy atom. The number of benzene rings is 2. The highest BCUT2D eigenvalue weighted by molar-refractivity contribution is 7.17. The van der Waals surface area contributed by atoms with Gasteiger partial charge in [0.1, 0.15) is 15.7 Å². The van der Waals surface area contributed by atoms with Crippen LogP contribution in [0.5, 0.6) is 0 Å². The average molecular weight is 409 g/mol. The van der Waals surface area contributed by atoms with E-state index >= 15 is 0 Å². The molecule has 1 aliphatic heterocycles. The zero-order valence-electron chi connectivity index (χ0n) is 15.9. The quantitative estimate of drug-likeness (QED) is 0.677. The Hall–Kier alpha value is -3.06. The molecule has 3 aromatic rings. The summed E-state index contributed by atoms with van der Waals surface area (Å²) in [6.07, 6.45) is 2.10. The SMILES string of the molecule is Cc1nc(-c2ccc(F)cc2)sc1C(=O)Nc1ccc(C(=O)N2CCCC2)cc1. The maximum absolute atomic E-state index is 13.1. The van der Waals surface area contributed by atoms with E-state index in [1.54, 1.807) is 43.3 Å². The molecule has 1 aromatic heterocycles. The van der Waals surface area contributed by atoms with Crippen molar-refractivity contribution >= 4 is 28.8 Å². The molecule has 1 saturated heterocycles. The Labute approximate surface area is 172 Å². The van der Waals surface area contributed by atoms with Crippen LogP contribution in [0, 0.1) is 12.7 Å². The van der Waals surface area contributed by atoms with E-state index < -0.39 is 0 Å². The van der Waals surface area contributed by atoms with Crippen molar-refractivity contribution in [2.24, 2.45) is 0 Å². The predicted molar refractivity (Wildman–Crippen MR) is 112 cm³/mol. The van der Waals surface area contributed by atoms with Gasteiger partial charge in [-0.3, -0.25) is 9.59 Å². The molecule has 0 saturated carbocycles. The second kappa shape index (κ2) is 8.13. The smallest absolute Gasteiger partial charge is 0.267 e. The van der Waals surface area contributed by atoms with Gasteiger partial charge in [0.15, 0.2) is 0 Å². The van der Waals surface area contributed by atoms with Crippen LogP contribution in [0.3, 0.4) is 0 Å². The zero-order valence-corrected chi connectivity index (χ0v) is 16.8. The summed E-state index contributed by atoms with van der Waals surface area (Å²) >= 11 is 1.26. The first kappa shape index (κ1) is 19.3. The van der Waals surface area contributed by atoms with Crippen molar-refractivity contribution in [3.63, 3.8) is 0 Å². The highest BCUT2D eigenvalue weighted by Gasteiger charge is 2.20. The molecule has 4 rings (SSSR count). The molecule has 2 amide bonds. The fourth-order valence-corrected chi connectivity index (χ4v) is 4.28. The van der Waals surface area contributed by atoms with Gasteiger partial charge < -0.3 is 10.2 Å². The third-order valence-electron chi connectivity index (χ3n) is 4.88. The Morgan fingerprint density at radius 1 is 1.03 bits per heavy atom. The number of aromatic nitrogens is 1. The molecule has 1 aliphatic rings. The number of likely N-dealkylation sites (tertiary alicyclic amines) is 1. The first-order valence-electron chi connectivity index (χ1n) is 9.45. The number of thiazole rings is 1. The van der Waals surface area contributed by atoms with E-state index in [1.807, 2.05) is 4.90 Å². The second-order valence-corrected chi connectivity index (χ2v) is 7.97. The molecular formula is C22H20FN3O2S. The number of nitrogens with zero attached hydrogens (tertiary/aromatic N) is 2. The summed E-state index contributed by atoms with van der Waals surface area (Å²) in [6.45, 7) is 3.38. The summed E-state index contributed by atoms with van der Waals surface area (Å²) in [4.78, 5) is 31.9. The van der Waals surface area contributed by atoms with E-state index in [0.29, 0.717) is 26.8 Å². The molecule has 0 unspecified atom stereocenters. The van der Waals surface area contributed by atoms with E-state index in [9.17, 15) is 14.0 Å². The van der Waals surface area contributed by atoms with Crippen LogP contribution < -0.4 is 5.32 Å². The molecule has 148 valence electrons. The molecule has 0 radical (unpaired) electrons. The van der Waals surface area contributed by atoms with E-state index in [1.165, 1.54) is 23.5 Å². The second-order valence-electron chi connectivity index (χ2n) is 6.97. The summed E-state index contributed by atoms with van der Waals surface area (Å²) in [5.74, 6) is -0.541. The standard InChI is InChI=1S/C22H20FN3O2S/c1-14-19(29-21(24-14)15-4-8-17(23)9-5-15)20(27)25-18-10-6-16(7-11-18)22(28)26-12-2-3-13-26/h4-11H,2-3,12-13H2,1H3,(H,25,27). The van der Waals surface area contributed by atoms with Gasteiger partial charge in [0, 0.05) is 29.9 Å². The summed E-state index contributed by atoms with van der Waals surface area (Å²) in [7, 11) is 0. The van der Waals surface area contributed by atoms with Crippen LogP contribution in [0.15, 0.2) is 48.5 Å². The monoisotopic (exact) mass is 409 g/mol. The lowest BCUT2D eigenvalue weighted by Crippen LogP contribution is -2.27. The topological polar surface area (TPSA) is 62.3 Å². The number of carbonyl (C=O) groups excluding carboxylic acids is 2. The highest BCUT2D eigenvalue weighted by atomic mass is 32.1. The number of hydrogen-bond donors (Lipinski definition) is 1. The number of nitrogens with one attached hydrogen (secondary N) is 1. The lowest BCUT2D eigenvalue weighted by atomic mass is 10.2. The molecule has 29 heavy (non-hydrogen) atoms. The van der Waals surface area contributed by atoms with Crippen molar-refractivity contribution in [2.45, 2.75) is 19.8 Å². The van der Waals surface area contributed by atoms with Gasteiger partial charge in [-0.15, -0.1) is 11.3 Å². The Morgan fingerprint density at radius 3 is 2.34 bits per heavy atom. The minimum Gasteiger partial charge on any atom is -0.339 e. The Kier molecular flexibility index (Phi) is 5.40. The van der Waals surface area contributed by atoms with Gasteiger partial charge >= 0.3 is 0 Å². The van der Waals surface area contributed by atoms with Gasteiger partial charge in [-0.1, -0.05) is 0 Å². The normalized spacial score (nSPS) is 13.5. The number of hydrogen-bond acceptors (Lipinski definition) is 4. The number of anilines is 1. The maximum Gasteiger partial charge on any atom is 0.267 e. The fourth-order valence-electron chi connectivity index (χ4n) is 3.31. The average Bonchev–Trinajstić information content (AvgIpc) is 3.39. The van der Waals surface area contributed by atoms with Gasteiger partial charge in [-0.2, -0.15) is 0 Å². The van der Waals surface area contributed by atoms with Crippen molar-refractivity contribution in [2.75, 3.05) is 18.4 Å². The van der Waals surface area contributed by atoms with Crippen LogP contribution in [-0.2, 0) is 0 Å². The minimum atomic E-state index is -0.313. The molecule has 0 bridgehead atoms. The van der Waals surface area contributed by atoms with Crippen LogP contribution in [0.4, 0.5) is 10.1 Å². The van der Waals surface area contributed by atoms with Crippen LogP contribution >= 0.6 is 11.3 Å². The first-order chi connectivity index (χ1) is 14.0. The molecule has 5 nitrogen and oxygen atoms in total. The Balaban J connectivity index is 1.46. The van der Waals surface area contributed by atoms with Crippen LogP contribution in [0.2, 0.25) is 0 Å². The van der Waals surface area contributed by atoms with Crippen molar-refractivity contribution < 1.29 is 14.0 Å². The number of aryl methyl sites for hydroxylation is 1. The highest BCUT2D eigenvalue weighted by Crippen LogP contribution is 2.28. The van der Waals surface area contributed by atoms with E-state index in [4.69, 9.17) is 0 Å². The van der Waals surface area contributed by atoms with Crippen molar-refractivity contribution in [1.29, 1.82) is 0 Å². The molecule has 2 aromatic carbocycles. The largest absolute Gasteiger partial charge is 0.339 e. The number of amides is 2. The summed E-state index contributed by atoms with van der Waals surface area (Å²) < 4.78 is 13.1. The van der Waals surface area contributed by atoms with Gasteiger partial charge in [-0.05, 0) is 68.3 Å². The van der Waals surface area contributed by atoms with Gasteiger partial charge in [0.05, 0.1) is 5.69 Å². The summed E-state index contributed by atoms with van der Waals surface area (Å²) in [5, 5.41) is 3.52. The molecular weight excluding hydrogens is 389 g/mol. The third kappa shape index (κ3) is 4.19. The summed E-state index contributed by atoms with van der Waals surface area (Å²) in [6, 6.07) is 13.0. The minimum absolute atomic E-state index is 0.0302. The van der Waals surface area contributed by atoms with Gasteiger partial charge in [-0.25, -0.2) is 9.37 Å². The molecule has 0 spiro atoms. The van der Waals surface area contributed by atoms with Crippen molar-refractivity contribution in [3.05, 3.63) is 70.5 Å². The number of rotatable bonds is 4. The predicted octanol–water partition coefficient (Wildman–Crippen LogP) is 4.75. The van der Waals surface area contributed by atoms with Gasteiger partial charge in [0.2, 0.25) is 0 Å². The lowest BCUT2D eigenvalue weighted by Gasteiger charge is -2.15. The molecule has 1 fully saturated rings. The summed E-state index contributed by atoms with van der Waals surface area (Å²) in [5.41, 5.74) is 2.62. The number of carbonyl (C=O) groups is 2. The fraction of sp³-hybridized carbons (Fsp3) is 0.227. The van der Waals surface area contributed by atoms with E-state index in [0.717, 1.165) is 31.5 Å². The molecule has 2 heterocycles. The molecule has 0 aliphatic carbocycles. The van der Waals surface area contributed by atoms with Crippen LogP contribution in [0.25, 0.3) is 10.6 Å². The third-order valence-corrected chi connectivity index (χ3v) is 6.08. The van der Waals surface area contributed by atoms with Crippen molar-refractivity contribution in [3.8, 4) is 10.6 Å². The van der Waals surface area contributed by atoms with Gasteiger partial charge in [0.25, 0.3) is 11.8 Å². The number of halogens is 1. The Bertz CT molecular complexity index is 1040. The van der Waals surface area contributed by atoms with E-state index in [-0.39, 0.29) is 17.6 Å². The molecule has 0 atom stereocenters. The molecule has 1 N–H and O–H groups in total. The van der Waals surface area contributed by atoms with Crippen LogP contribution in [0.1, 0.15) is 38.6 Å². The maximum atomic E-state index is 13.1. The first-order valence-corrected chi connectivity index (χ1v) is 10.3. The lowest BCUT2D eigenvalue weighted by molar-refractivity contribution is 0.0792. The van der Waals surface area contributed by atoms with Crippen molar-refractivity contribution in [1.82, 2.24) is 9.88 Å². The zero-order chi connectivity index (χ0) is 20.4. The molecule has 7 heteroatoms. The van der Waals surface area contributed by atoms with Crippen LogP contribution in [-0.4, -0.2) is 34.8 Å².